The van der Waals surface area contributed by atoms with Gasteiger partial charge in [0.1, 0.15) is 18.1 Å². The van der Waals surface area contributed by atoms with E-state index in [-0.39, 0.29) is 24.9 Å². The molecule has 3 rings (SSSR count). The smallest absolute Gasteiger partial charge is 0.305 e. The van der Waals surface area contributed by atoms with Crippen LogP contribution in [0.25, 0.3) is 18.2 Å². The predicted molar refractivity (Wildman–Crippen MR) is 149 cm³/mol. The molecule has 0 amide bonds. The number of hydrogen-bond donors (Lipinski definition) is 1. The van der Waals surface area contributed by atoms with Gasteiger partial charge < -0.3 is 19.3 Å². The summed E-state index contributed by atoms with van der Waals surface area (Å²) in [5, 5.41) is 9.54. The van der Waals surface area contributed by atoms with Gasteiger partial charge >= 0.3 is 5.97 Å². The Kier molecular flexibility index (Phi) is 10.7. The molecular formula is C32H34O5. The summed E-state index contributed by atoms with van der Waals surface area (Å²) in [6, 6.07) is 23.2. The van der Waals surface area contributed by atoms with Gasteiger partial charge in [0.15, 0.2) is 6.29 Å². The second-order valence-electron chi connectivity index (χ2n) is 8.51. The van der Waals surface area contributed by atoms with Crippen molar-refractivity contribution in [3.8, 4) is 11.5 Å². The van der Waals surface area contributed by atoms with E-state index in [4.69, 9.17) is 14.2 Å². The largest absolute Gasteiger partial charge is 0.508 e. The van der Waals surface area contributed by atoms with E-state index in [1.165, 1.54) is 5.56 Å². The molecule has 1 atom stereocenters. The second-order valence-corrected chi connectivity index (χ2v) is 8.51. The monoisotopic (exact) mass is 498 g/mol. The van der Waals surface area contributed by atoms with Gasteiger partial charge in [-0.15, -0.1) is 0 Å². The van der Waals surface area contributed by atoms with Gasteiger partial charge in [-0.05, 0) is 66.5 Å². The van der Waals surface area contributed by atoms with Crippen molar-refractivity contribution < 1.29 is 24.1 Å². The number of aromatic hydroxyl groups is 1. The molecule has 1 N–H and O–H groups in total. The zero-order chi connectivity index (χ0) is 26.5. The normalized spacial score (nSPS) is 12.7. The second kappa shape index (κ2) is 14.5. The third-order valence-corrected chi connectivity index (χ3v) is 5.41. The van der Waals surface area contributed by atoms with Crippen LogP contribution >= 0.6 is 0 Å². The molecule has 37 heavy (non-hydrogen) atoms. The first-order valence-corrected chi connectivity index (χ1v) is 12.4. The Bertz CT molecular complexity index is 1150. The van der Waals surface area contributed by atoms with Crippen LogP contribution in [0.1, 0.15) is 42.5 Å². The molecule has 0 aromatic heterocycles. The Morgan fingerprint density at radius 1 is 0.838 bits per heavy atom. The minimum Gasteiger partial charge on any atom is -0.508 e. The van der Waals surface area contributed by atoms with E-state index >= 15 is 0 Å². The molecule has 0 fully saturated rings. The lowest BCUT2D eigenvalue weighted by molar-refractivity contribution is -0.148. The number of phenols is 1. The molecule has 5 nitrogen and oxygen atoms in total. The third-order valence-electron chi connectivity index (χ3n) is 5.41. The van der Waals surface area contributed by atoms with Crippen molar-refractivity contribution in [3.05, 3.63) is 113 Å². The Labute approximate surface area is 219 Å². The Hall–Kier alpha value is -4.09. The molecule has 0 heterocycles. The van der Waals surface area contributed by atoms with E-state index in [2.05, 4.69) is 49.4 Å². The van der Waals surface area contributed by atoms with Crippen LogP contribution in [-0.4, -0.2) is 30.6 Å². The number of ether oxygens (including phenoxy) is 3. The number of carbonyl (C=O) groups excluding carboxylic acids is 1. The van der Waals surface area contributed by atoms with Crippen molar-refractivity contribution >= 4 is 24.2 Å². The highest BCUT2D eigenvalue weighted by molar-refractivity contribution is 5.69. The number of rotatable bonds is 12. The van der Waals surface area contributed by atoms with Gasteiger partial charge in [0.25, 0.3) is 0 Å². The van der Waals surface area contributed by atoms with Crippen LogP contribution in [-0.2, 0) is 14.3 Å². The van der Waals surface area contributed by atoms with Crippen molar-refractivity contribution in [2.45, 2.75) is 33.5 Å². The highest BCUT2D eigenvalue weighted by Gasteiger charge is 2.05. The molecule has 1 unspecified atom stereocenters. The van der Waals surface area contributed by atoms with Gasteiger partial charge in [-0.25, -0.2) is 0 Å². The Balaban J connectivity index is 1.68. The van der Waals surface area contributed by atoms with Gasteiger partial charge in [0, 0.05) is 6.42 Å². The van der Waals surface area contributed by atoms with Crippen LogP contribution in [0, 0.1) is 6.92 Å². The molecule has 192 valence electrons. The van der Waals surface area contributed by atoms with Crippen LogP contribution in [0.5, 0.6) is 11.5 Å². The molecule has 0 aliphatic heterocycles. The van der Waals surface area contributed by atoms with Gasteiger partial charge in [0.05, 0.1) is 6.61 Å². The summed E-state index contributed by atoms with van der Waals surface area (Å²) in [6.07, 6.45) is 10.2. The first-order chi connectivity index (χ1) is 17.9. The molecule has 0 saturated carbocycles. The maximum Gasteiger partial charge on any atom is 0.305 e. The summed E-state index contributed by atoms with van der Waals surface area (Å²) in [6.45, 7) is 6.11. The molecule has 0 saturated heterocycles. The van der Waals surface area contributed by atoms with E-state index in [1.54, 1.807) is 26.0 Å². The van der Waals surface area contributed by atoms with Crippen molar-refractivity contribution in [3.63, 3.8) is 0 Å². The zero-order valence-electron chi connectivity index (χ0n) is 21.6. The molecule has 0 spiro atoms. The summed E-state index contributed by atoms with van der Waals surface area (Å²) < 4.78 is 16.4. The SMILES string of the molecule is CCC(=O)OCCOC(C)Oc1ccc(C=C(C=Cc2ccc(C)cc2)C=Cc2ccc(O)cc2)cc1. The lowest BCUT2D eigenvalue weighted by Crippen LogP contribution is -2.20. The van der Waals surface area contributed by atoms with Crippen LogP contribution in [0.15, 0.2) is 90.5 Å². The zero-order valence-corrected chi connectivity index (χ0v) is 21.6. The molecule has 0 aliphatic carbocycles. The number of phenolic OH excluding ortho intramolecular Hbond substituents is 1. The van der Waals surface area contributed by atoms with Gasteiger partial charge in [0.2, 0.25) is 0 Å². The van der Waals surface area contributed by atoms with Crippen LogP contribution in [0.2, 0.25) is 0 Å². The fraction of sp³-hybridized carbons (Fsp3) is 0.219. The summed E-state index contributed by atoms with van der Waals surface area (Å²) in [4.78, 5) is 11.2. The first kappa shape index (κ1) is 27.5. The minimum atomic E-state index is -0.469. The van der Waals surface area contributed by atoms with Crippen LogP contribution < -0.4 is 4.74 Å². The fourth-order valence-electron chi connectivity index (χ4n) is 3.33. The Morgan fingerprint density at radius 2 is 1.41 bits per heavy atom. The topological polar surface area (TPSA) is 65.0 Å². The number of aryl methyl sites for hydroxylation is 1. The van der Waals surface area contributed by atoms with E-state index in [9.17, 15) is 9.90 Å². The van der Waals surface area contributed by atoms with Crippen LogP contribution in [0.3, 0.4) is 0 Å². The lowest BCUT2D eigenvalue weighted by atomic mass is 10.1. The average Bonchev–Trinajstić information content (AvgIpc) is 2.91. The molecule has 0 bridgehead atoms. The summed E-state index contributed by atoms with van der Waals surface area (Å²) >= 11 is 0. The number of benzene rings is 3. The molecule has 3 aromatic rings. The van der Waals surface area contributed by atoms with Crippen LogP contribution in [0.4, 0.5) is 0 Å². The molecule has 0 aliphatic rings. The molecule has 3 aromatic carbocycles. The van der Waals surface area contributed by atoms with E-state index in [0.717, 1.165) is 22.3 Å². The van der Waals surface area contributed by atoms with Gasteiger partial charge in [-0.2, -0.15) is 0 Å². The van der Waals surface area contributed by atoms with Crippen molar-refractivity contribution in [2.24, 2.45) is 0 Å². The fourth-order valence-corrected chi connectivity index (χ4v) is 3.33. The third kappa shape index (κ3) is 10.2. The summed E-state index contributed by atoms with van der Waals surface area (Å²) in [5.41, 5.74) is 5.38. The van der Waals surface area contributed by atoms with Crippen molar-refractivity contribution in [1.82, 2.24) is 0 Å². The maximum atomic E-state index is 11.2. The standard InChI is InChI=1S/C32H34O5/c1-4-32(34)36-22-21-35-25(3)37-31-19-15-29(16-20-31)23-28(11-9-26-7-5-24(2)6-8-26)12-10-27-13-17-30(33)18-14-27/h5-20,23,25,33H,4,21-22H2,1-3H3. The summed E-state index contributed by atoms with van der Waals surface area (Å²) in [7, 11) is 0. The van der Waals surface area contributed by atoms with Crippen molar-refractivity contribution in [2.75, 3.05) is 13.2 Å². The highest BCUT2D eigenvalue weighted by atomic mass is 16.7. The van der Waals surface area contributed by atoms with Gasteiger partial charge in [-0.3, -0.25) is 4.79 Å². The van der Waals surface area contributed by atoms with E-state index < -0.39 is 6.29 Å². The maximum absolute atomic E-state index is 11.2. The number of hydrogen-bond acceptors (Lipinski definition) is 5. The molecule has 5 heteroatoms. The minimum absolute atomic E-state index is 0.209. The lowest BCUT2D eigenvalue weighted by Gasteiger charge is -2.15. The number of allylic oxidation sites excluding steroid dienone is 3. The predicted octanol–water partition coefficient (Wildman–Crippen LogP) is 7.21. The Morgan fingerprint density at radius 3 is 2.00 bits per heavy atom. The highest BCUT2D eigenvalue weighted by Crippen LogP contribution is 2.19. The first-order valence-electron chi connectivity index (χ1n) is 12.4. The average molecular weight is 499 g/mol. The van der Waals surface area contributed by atoms with E-state index in [0.29, 0.717) is 12.2 Å². The number of carbonyl (C=O) groups is 1. The van der Waals surface area contributed by atoms with E-state index in [1.807, 2.05) is 48.6 Å². The quantitative estimate of drug-likeness (QED) is 0.124. The molecule has 0 radical (unpaired) electrons. The van der Waals surface area contributed by atoms with Gasteiger partial charge in [-0.1, -0.05) is 85.3 Å². The summed E-state index contributed by atoms with van der Waals surface area (Å²) in [5.74, 6) is 0.688. The van der Waals surface area contributed by atoms with Crippen molar-refractivity contribution in [1.29, 1.82) is 0 Å². The molecular weight excluding hydrogens is 464 g/mol. The number of esters is 1.